The summed E-state index contributed by atoms with van der Waals surface area (Å²) < 4.78 is 5.07. The zero-order valence-corrected chi connectivity index (χ0v) is 10.8. The van der Waals surface area contributed by atoms with Gasteiger partial charge in [0, 0.05) is 6.54 Å². The average Bonchev–Trinajstić information content (AvgIpc) is 2.97. The molecule has 0 aromatic carbocycles. The normalized spacial score (nSPS) is 19.3. The van der Waals surface area contributed by atoms with Gasteiger partial charge in [0.15, 0.2) is 5.76 Å². The van der Waals surface area contributed by atoms with Crippen LogP contribution < -0.4 is 5.32 Å². The minimum absolute atomic E-state index is 0.0106. The molecule has 1 saturated heterocycles. The zero-order valence-electron chi connectivity index (χ0n) is 10.8. The van der Waals surface area contributed by atoms with Gasteiger partial charge in [0.2, 0.25) is 0 Å². The molecule has 2 rings (SSSR count). The molecule has 0 bridgehead atoms. The van der Waals surface area contributed by atoms with E-state index in [1.165, 1.54) is 0 Å². The zero-order chi connectivity index (χ0) is 13.1. The predicted octanol–water partition coefficient (Wildman–Crippen LogP) is 1.53. The number of aliphatic hydroxyl groups excluding tert-OH is 1. The van der Waals surface area contributed by atoms with E-state index in [1.807, 2.05) is 6.92 Å². The SMILES string of the molecule is CCc1noc(C)c1NC(=O)N1CCCC1CO. The first-order chi connectivity index (χ1) is 8.67. The van der Waals surface area contributed by atoms with E-state index in [0.717, 1.165) is 18.5 Å². The molecule has 6 nitrogen and oxygen atoms in total. The van der Waals surface area contributed by atoms with Gasteiger partial charge in [-0.25, -0.2) is 4.79 Å². The lowest BCUT2D eigenvalue weighted by molar-refractivity contribution is 0.166. The molecule has 2 amide bonds. The topological polar surface area (TPSA) is 78.6 Å². The smallest absolute Gasteiger partial charge is 0.322 e. The highest BCUT2D eigenvalue weighted by Crippen LogP contribution is 2.23. The highest BCUT2D eigenvalue weighted by atomic mass is 16.5. The van der Waals surface area contributed by atoms with Crippen molar-refractivity contribution in [3.63, 3.8) is 0 Å². The van der Waals surface area contributed by atoms with Crippen LogP contribution in [0.15, 0.2) is 4.52 Å². The lowest BCUT2D eigenvalue weighted by Gasteiger charge is -2.23. The van der Waals surface area contributed by atoms with Crippen LogP contribution in [0.1, 0.15) is 31.2 Å². The van der Waals surface area contributed by atoms with Crippen molar-refractivity contribution in [2.24, 2.45) is 0 Å². The van der Waals surface area contributed by atoms with Crippen molar-refractivity contribution in [3.8, 4) is 0 Å². The number of carbonyl (C=O) groups excluding carboxylic acids is 1. The Hall–Kier alpha value is -1.56. The Morgan fingerprint density at radius 1 is 1.67 bits per heavy atom. The molecule has 18 heavy (non-hydrogen) atoms. The molecular weight excluding hydrogens is 234 g/mol. The number of amides is 2. The van der Waals surface area contributed by atoms with E-state index in [2.05, 4.69) is 10.5 Å². The average molecular weight is 253 g/mol. The molecule has 1 aromatic heterocycles. The fourth-order valence-electron chi connectivity index (χ4n) is 2.29. The lowest BCUT2D eigenvalue weighted by Crippen LogP contribution is -2.40. The quantitative estimate of drug-likeness (QED) is 0.856. The summed E-state index contributed by atoms with van der Waals surface area (Å²) in [5, 5.41) is 15.9. The third-order valence-electron chi connectivity index (χ3n) is 3.35. The van der Waals surface area contributed by atoms with Crippen LogP contribution in [0.4, 0.5) is 10.5 Å². The molecule has 6 heteroatoms. The number of carbonyl (C=O) groups is 1. The third-order valence-corrected chi connectivity index (χ3v) is 3.35. The summed E-state index contributed by atoms with van der Waals surface area (Å²) in [5.74, 6) is 0.611. The first-order valence-electron chi connectivity index (χ1n) is 6.31. The molecule has 1 aliphatic rings. The summed E-state index contributed by atoms with van der Waals surface area (Å²) in [7, 11) is 0. The van der Waals surface area contributed by atoms with Gasteiger partial charge >= 0.3 is 6.03 Å². The molecule has 100 valence electrons. The number of likely N-dealkylation sites (tertiary alicyclic amines) is 1. The van der Waals surface area contributed by atoms with E-state index in [1.54, 1.807) is 11.8 Å². The molecular formula is C12H19N3O3. The maximum atomic E-state index is 12.1. The first kappa shape index (κ1) is 12.9. The Morgan fingerprint density at radius 3 is 3.11 bits per heavy atom. The number of hydrogen-bond acceptors (Lipinski definition) is 4. The molecule has 1 aliphatic heterocycles. The molecule has 1 atom stereocenters. The maximum absolute atomic E-state index is 12.1. The molecule has 1 aromatic rings. The number of nitrogens with zero attached hydrogens (tertiary/aromatic N) is 2. The third kappa shape index (κ3) is 2.33. The molecule has 1 unspecified atom stereocenters. The van der Waals surface area contributed by atoms with Crippen LogP contribution in [0.2, 0.25) is 0 Å². The van der Waals surface area contributed by atoms with Crippen molar-refractivity contribution >= 4 is 11.7 Å². The molecule has 0 radical (unpaired) electrons. The minimum Gasteiger partial charge on any atom is -0.394 e. The first-order valence-corrected chi connectivity index (χ1v) is 6.31. The molecule has 0 aliphatic carbocycles. The second kappa shape index (κ2) is 5.39. The summed E-state index contributed by atoms with van der Waals surface area (Å²) in [5.41, 5.74) is 1.41. The van der Waals surface area contributed by atoms with Crippen molar-refractivity contribution in [1.82, 2.24) is 10.1 Å². The second-order valence-corrected chi connectivity index (χ2v) is 4.52. The Labute approximate surface area is 106 Å². The van der Waals surface area contributed by atoms with Gasteiger partial charge in [-0.15, -0.1) is 0 Å². The van der Waals surface area contributed by atoms with Crippen LogP contribution in [0.3, 0.4) is 0 Å². The monoisotopic (exact) mass is 253 g/mol. The largest absolute Gasteiger partial charge is 0.394 e. The number of nitrogens with one attached hydrogen (secondary N) is 1. The van der Waals surface area contributed by atoms with E-state index in [0.29, 0.717) is 24.4 Å². The lowest BCUT2D eigenvalue weighted by atomic mass is 10.2. The fraction of sp³-hybridized carbons (Fsp3) is 0.667. The summed E-state index contributed by atoms with van der Waals surface area (Å²) in [4.78, 5) is 13.8. The predicted molar refractivity (Wildman–Crippen MR) is 66.5 cm³/mol. The van der Waals surface area contributed by atoms with Crippen LogP contribution in [0, 0.1) is 6.92 Å². The van der Waals surface area contributed by atoms with Crippen LogP contribution in [-0.4, -0.2) is 40.4 Å². The van der Waals surface area contributed by atoms with Crippen LogP contribution in [0.5, 0.6) is 0 Å². The van der Waals surface area contributed by atoms with Crippen LogP contribution in [0.25, 0.3) is 0 Å². The summed E-state index contributed by atoms with van der Waals surface area (Å²) >= 11 is 0. The number of aryl methyl sites for hydroxylation is 2. The number of aromatic nitrogens is 1. The second-order valence-electron chi connectivity index (χ2n) is 4.52. The van der Waals surface area contributed by atoms with Gasteiger partial charge in [-0.05, 0) is 26.2 Å². The van der Waals surface area contributed by atoms with E-state index < -0.39 is 0 Å². The van der Waals surface area contributed by atoms with Crippen molar-refractivity contribution < 1.29 is 14.4 Å². The fourth-order valence-corrected chi connectivity index (χ4v) is 2.29. The maximum Gasteiger partial charge on any atom is 0.322 e. The van der Waals surface area contributed by atoms with Gasteiger partial charge in [-0.3, -0.25) is 0 Å². The van der Waals surface area contributed by atoms with Crippen LogP contribution in [-0.2, 0) is 6.42 Å². The van der Waals surface area contributed by atoms with E-state index >= 15 is 0 Å². The minimum atomic E-state index is -0.187. The highest BCUT2D eigenvalue weighted by molar-refractivity contribution is 5.90. The number of rotatable bonds is 3. The molecule has 2 N–H and O–H groups in total. The van der Waals surface area contributed by atoms with Crippen molar-refractivity contribution in [2.45, 2.75) is 39.2 Å². The molecule has 1 fully saturated rings. The molecule has 0 spiro atoms. The van der Waals surface area contributed by atoms with E-state index in [9.17, 15) is 9.90 Å². The number of anilines is 1. The Balaban J connectivity index is 2.09. The van der Waals surface area contributed by atoms with Gasteiger partial charge in [-0.2, -0.15) is 0 Å². The van der Waals surface area contributed by atoms with Crippen molar-refractivity contribution in [1.29, 1.82) is 0 Å². The number of aliphatic hydroxyl groups is 1. The van der Waals surface area contributed by atoms with Gasteiger partial charge in [0.25, 0.3) is 0 Å². The van der Waals surface area contributed by atoms with E-state index in [4.69, 9.17) is 4.52 Å². The van der Waals surface area contributed by atoms with Gasteiger partial charge in [-0.1, -0.05) is 12.1 Å². The van der Waals surface area contributed by atoms with E-state index in [-0.39, 0.29) is 18.7 Å². The van der Waals surface area contributed by atoms with Crippen molar-refractivity contribution in [3.05, 3.63) is 11.5 Å². The Morgan fingerprint density at radius 2 is 2.44 bits per heavy atom. The highest BCUT2D eigenvalue weighted by Gasteiger charge is 2.29. The summed E-state index contributed by atoms with van der Waals surface area (Å²) in [6.07, 6.45) is 2.49. The van der Waals surface area contributed by atoms with Gasteiger partial charge in [0.05, 0.1) is 12.6 Å². The van der Waals surface area contributed by atoms with Crippen LogP contribution >= 0.6 is 0 Å². The van der Waals surface area contributed by atoms with Gasteiger partial charge in [0.1, 0.15) is 11.4 Å². The Bertz CT molecular complexity index is 430. The Kier molecular flexibility index (Phi) is 3.86. The van der Waals surface area contributed by atoms with Crippen molar-refractivity contribution in [2.75, 3.05) is 18.5 Å². The number of hydrogen-bond donors (Lipinski definition) is 2. The molecule has 2 heterocycles. The van der Waals surface area contributed by atoms with Gasteiger partial charge < -0.3 is 19.8 Å². The summed E-state index contributed by atoms with van der Waals surface area (Å²) in [6.45, 7) is 4.42. The number of urea groups is 1. The summed E-state index contributed by atoms with van der Waals surface area (Å²) in [6, 6.07) is -0.261. The molecule has 0 saturated carbocycles. The standard InChI is InChI=1S/C12H19N3O3/c1-3-10-11(8(2)18-14-10)13-12(17)15-6-4-5-9(15)7-16/h9,16H,3-7H2,1-2H3,(H,13,17).